The maximum Gasteiger partial charge on any atom is 0.0938 e. The first-order valence-corrected chi connectivity index (χ1v) is 5.06. The minimum absolute atomic E-state index is 0.124. The van der Waals surface area contributed by atoms with E-state index in [1.54, 1.807) is 0 Å². The summed E-state index contributed by atoms with van der Waals surface area (Å²) in [7, 11) is 0. The third-order valence-corrected chi connectivity index (χ3v) is 2.36. The molecule has 5 heteroatoms. The van der Waals surface area contributed by atoms with Gasteiger partial charge in [0.25, 0.3) is 0 Å². The van der Waals surface area contributed by atoms with Gasteiger partial charge in [0.1, 0.15) is 0 Å². The van der Waals surface area contributed by atoms with Gasteiger partial charge < -0.3 is 0 Å². The van der Waals surface area contributed by atoms with Crippen LogP contribution in [0.2, 0.25) is 0 Å². The molecule has 1 unspecified atom stereocenters. The SMILES string of the molecule is C=CCCCC(NN)c1csnn1. The third-order valence-electron chi connectivity index (χ3n) is 1.84. The number of unbranched alkanes of at least 4 members (excludes halogenated alkanes) is 1. The fourth-order valence-corrected chi connectivity index (χ4v) is 1.61. The summed E-state index contributed by atoms with van der Waals surface area (Å²) in [5.41, 5.74) is 3.66. The lowest BCUT2D eigenvalue weighted by Crippen LogP contribution is -2.28. The first kappa shape index (κ1) is 10.3. The van der Waals surface area contributed by atoms with Gasteiger partial charge in [-0.3, -0.25) is 11.3 Å². The number of rotatable bonds is 6. The Morgan fingerprint density at radius 2 is 2.62 bits per heavy atom. The molecular formula is C8H14N4S. The van der Waals surface area contributed by atoms with Crippen LogP contribution in [0.1, 0.15) is 31.0 Å². The summed E-state index contributed by atoms with van der Waals surface area (Å²) < 4.78 is 3.80. The zero-order valence-electron chi connectivity index (χ0n) is 7.44. The fourth-order valence-electron chi connectivity index (χ4n) is 1.11. The summed E-state index contributed by atoms with van der Waals surface area (Å²) in [5.74, 6) is 5.41. The maximum absolute atomic E-state index is 5.41. The van der Waals surface area contributed by atoms with Crippen molar-refractivity contribution in [1.29, 1.82) is 0 Å². The van der Waals surface area contributed by atoms with Crippen LogP contribution in [-0.4, -0.2) is 9.59 Å². The molecule has 1 aromatic heterocycles. The smallest absolute Gasteiger partial charge is 0.0938 e. The van der Waals surface area contributed by atoms with Crippen molar-refractivity contribution in [2.24, 2.45) is 5.84 Å². The first-order chi connectivity index (χ1) is 6.38. The van der Waals surface area contributed by atoms with Gasteiger partial charge >= 0.3 is 0 Å². The van der Waals surface area contributed by atoms with Gasteiger partial charge in [0.15, 0.2) is 0 Å². The highest BCUT2D eigenvalue weighted by Gasteiger charge is 2.10. The molecule has 0 aliphatic rings. The second-order valence-electron chi connectivity index (χ2n) is 2.77. The maximum atomic E-state index is 5.41. The number of nitrogens with two attached hydrogens (primary N) is 1. The Kier molecular flexibility index (Phi) is 4.59. The topological polar surface area (TPSA) is 63.8 Å². The van der Waals surface area contributed by atoms with Crippen LogP contribution in [-0.2, 0) is 0 Å². The highest BCUT2D eigenvalue weighted by atomic mass is 32.1. The van der Waals surface area contributed by atoms with Crippen LogP contribution < -0.4 is 11.3 Å². The number of hydrazine groups is 1. The monoisotopic (exact) mass is 198 g/mol. The molecule has 1 atom stereocenters. The number of allylic oxidation sites excluding steroid dienone is 1. The molecule has 0 aromatic carbocycles. The summed E-state index contributed by atoms with van der Waals surface area (Å²) in [6.45, 7) is 3.67. The highest BCUT2D eigenvalue weighted by molar-refractivity contribution is 7.03. The zero-order valence-corrected chi connectivity index (χ0v) is 8.26. The Bertz CT molecular complexity index is 234. The van der Waals surface area contributed by atoms with Crippen molar-refractivity contribution < 1.29 is 0 Å². The molecule has 72 valence electrons. The van der Waals surface area contributed by atoms with E-state index in [0.717, 1.165) is 25.0 Å². The van der Waals surface area contributed by atoms with Crippen LogP contribution in [0.4, 0.5) is 0 Å². The molecule has 0 amide bonds. The van der Waals surface area contributed by atoms with Gasteiger partial charge in [0, 0.05) is 5.38 Å². The van der Waals surface area contributed by atoms with E-state index < -0.39 is 0 Å². The van der Waals surface area contributed by atoms with Crippen molar-refractivity contribution in [3.05, 3.63) is 23.7 Å². The van der Waals surface area contributed by atoms with Crippen LogP contribution in [0.25, 0.3) is 0 Å². The molecule has 1 rings (SSSR count). The van der Waals surface area contributed by atoms with E-state index in [0.29, 0.717) is 0 Å². The lowest BCUT2D eigenvalue weighted by atomic mass is 10.1. The van der Waals surface area contributed by atoms with Crippen LogP contribution in [0.15, 0.2) is 18.0 Å². The van der Waals surface area contributed by atoms with Crippen molar-refractivity contribution in [2.75, 3.05) is 0 Å². The van der Waals surface area contributed by atoms with E-state index in [4.69, 9.17) is 5.84 Å². The fraction of sp³-hybridized carbons (Fsp3) is 0.500. The first-order valence-electron chi connectivity index (χ1n) is 4.22. The van der Waals surface area contributed by atoms with Crippen LogP contribution in [0.5, 0.6) is 0 Å². The van der Waals surface area contributed by atoms with Gasteiger partial charge in [0.05, 0.1) is 11.7 Å². The molecule has 1 heterocycles. The Hall–Kier alpha value is -0.780. The molecule has 4 nitrogen and oxygen atoms in total. The van der Waals surface area contributed by atoms with Crippen molar-refractivity contribution in [1.82, 2.24) is 15.0 Å². The highest BCUT2D eigenvalue weighted by Crippen LogP contribution is 2.16. The molecule has 0 fully saturated rings. The lowest BCUT2D eigenvalue weighted by molar-refractivity contribution is 0.489. The minimum Gasteiger partial charge on any atom is -0.271 e. The average Bonchev–Trinajstić information content (AvgIpc) is 2.65. The number of hydrogen-bond donors (Lipinski definition) is 2. The standard InChI is InChI=1S/C8H14N4S/c1-2-3-4-5-7(10-9)8-6-13-12-11-8/h2,6-7,10H,1,3-5,9H2. The predicted octanol–water partition coefficient (Wildman–Crippen LogP) is 1.40. The number of hydrogen-bond acceptors (Lipinski definition) is 5. The van der Waals surface area contributed by atoms with Crippen LogP contribution in [0.3, 0.4) is 0 Å². The average molecular weight is 198 g/mol. The van der Waals surface area contributed by atoms with Gasteiger partial charge in [-0.2, -0.15) is 0 Å². The molecule has 0 radical (unpaired) electrons. The quantitative estimate of drug-likeness (QED) is 0.314. The molecular weight excluding hydrogens is 184 g/mol. The Labute approximate surface area is 82.0 Å². The number of nitrogens with one attached hydrogen (secondary N) is 1. The molecule has 0 saturated heterocycles. The molecule has 0 aliphatic carbocycles. The number of aromatic nitrogens is 2. The Morgan fingerprint density at radius 1 is 1.77 bits per heavy atom. The van der Waals surface area contributed by atoms with E-state index in [-0.39, 0.29) is 6.04 Å². The molecule has 0 saturated carbocycles. The minimum atomic E-state index is 0.124. The Morgan fingerprint density at radius 3 is 3.15 bits per heavy atom. The van der Waals surface area contributed by atoms with Crippen LogP contribution in [0, 0.1) is 0 Å². The van der Waals surface area contributed by atoms with Gasteiger partial charge in [-0.1, -0.05) is 10.6 Å². The van der Waals surface area contributed by atoms with E-state index in [2.05, 4.69) is 21.6 Å². The largest absolute Gasteiger partial charge is 0.271 e. The van der Waals surface area contributed by atoms with Gasteiger partial charge in [-0.05, 0) is 30.8 Å². The Balaban J connectivity index is 2.39. The van der Waals surface area contributed by atoms with Gasteiger partial charge in [-0.15, -0.1) is 11.7 Å². The predicted molar refractivity (Wildman–Crippen MR) is 54.0 cm³/mol. The molecule has 1 aromatic rings. The summed E-state index contributed by atoms with van der Waals surface area (Å²) in [6.07, 6.45) is 4.95. The summed E-state index contributed by atoms with van der Waals surface area (Å²) in [6, 6.07) is 0.124. The molecule has 0 spiro atoms. The van der Waals surface area contributed by atoms with E-state index >= 15 is 0 Å². The third kappa shape index (κ3) is 3.22. The summed E-state index contributed by atoms with van der Waals surface area (Å²) in [4.78, 5) is 0. The van der Waals surface area contributed by atoms with E-state index in [1.165, 1.54) is 11.5 Å². The van der Waals surface area contributed by atoms with E-state index in [1.807, 2.05) is 11.5 Å². The molecule has 13 heavy (non-hydrogen) atoms. The second-order valence-corrected chi connectivity index (χ2v) is 3.38. The molecule has 0 bridgehead atoms. The molecule has 3 N–H and O–H groups in total. The van der Waals surface area contributed by atoms with Crippen molar-refractivity contribution in [3.63, 3.8) is 0 Å². The normalized spacial score (nSPS) is 12.7. The zero-order chi connectivity index (χ0) is 9.52. The van der Waals surface area contributed by atoms with E-state index in [9.17, 15) is 0 Å². The summed E-state index contributed by atoms with van der Waals surface area (Å²) >= 11 is 1.35. The van der Waals surface area contributed by atoms with Crippen molar-refractivity contribution in [3.8, 4) is 0 Å². The number of nitrogens with zero attached hydrogens (tertiary/aromatic N) is 2. The van der Waals surface area contributed by atoms with Crippen LogP contribution >= 0.6 is 11.5 Å². The van der Waals surface area contributed by atoms with Gasteiger partial charge in [0.2, 0.25) is 0 Å². The van der Waals surface area contributed by atoms with Crippen molar-refractivity contribution >= 4 is 11.5 Å². The van der Waals surface area contributed by atoms with Gasteiger partial charge in [-0.25, -0.2) is 0 Å². The lowest BCUT2D eigenvalue weighted by Gasteiger charge is -2.11. The summed E-state index contributed by atoms with van der Waals surface area (Å²) in [5, 5.41) is 5.88. The molecule has 0 aliphatic heterocycles. The van der Waals surface area contributed by atoms with Crippen molar-refractivity contribution in [2.45, 2.75) is 25.3 Å². The second kappa shape index (κ2) is 5.80.